The van der Waals surface area contributed by atoms with Gasteiger partial charge in [0.1, 0.15) is 11.4 Å². The molecule has 8 nitrogen and oxygen atoms in total. The molecule has 1 saturated heterocycles. The average Bonchev–Trinajstić information content (AvgIpc) is 3.12. The summed E-state index contributed by atoms with van der Waals surface area (Å²) < 4.78 is 5.31. The number of hydrogen-bond acceptors (Lipinski definition) is 6. The summed E-state index contributed by atoms with van der Waals surface area (Å²) in [6, 6.07) is 14.6. The van der Waals surface area contributed by atoms with Crippen molar-refractivity contribution in [2.75, 3.05) is 38.1 Å². The average molecular weight is 398 g/mol. The van der Waals surface area contributed by atoms with E-state index in [1.54, 1.807) is 13.0 Å². The van der Waals surface area contributed by atoms with Gasteiger partial charge in [-0.15, -0.1) is 0 Å². The number of amides is 1. The lowest BCUT2D eigenvalue weighted by molar-refractivity contribution is -0.384. The highest BCUT2D eigenvalue weighted by Crippen LogP contribution is 2.32. The van der Waals surface area contributed by atoms with Crippen LogP contribution in [0.2, 0.25) is 0 Å². The Hall–Kier alpha value is -2.97. The van der Waals surface area contributed by atoms with Crippen molar-refractivity contribution in [3.63, 3.8) is 0 Å². The third-order valence-corrected chi connectivity index (χ3v) is 5.17. The molecule has 1 aliphatic heterocycles. The third kappa shape index (κ3) is 5.10. The maximum Gasteiger partial charge on any atom is 0.296 e. The predicted octanol–water partition coefficient (Wildman–Crippen LogP) is 2.61. The van der Waals surface area contributed by atoms with Crippen molar-refractivity contribution in [3.8, 4) is 5.75 Å². The molecule has 1 amide bonds. The van der Waals surface area contributed by atoms with Crippen molar-refractivity contribution in [2.45, 2.75) is 12.8 Å². The fourth-order valence-corrected chi connectivity index (χ4v) is 3.82. The third-order valence-electron chi connectivity index (χ3n) is 5.17. The van der Waals surface area contributed by atoms with Crippen LogP contribution in [-0.4, -0.2) is 48.5 Å². The normalized spacial score (nSPS) is 19.1. The first-order valence-corrected chi connectivity index (χ1v) is 9.70. The van der Waals surface area contributed by atoms with Crippen LogP contribution in [-0.2, 0) is 4.79 Å². The molecule has 3 N–H and O–H groups in total. The molecule has 2 atom stereocenters. The van der Waals surface area contributed by atoms with E-state index in [4.69, 9.17) is 10.5 Å². The fourth-order valence-electron chi connectivity index (χ4n) is 3.82. The van der Waals surface area contributed by atoms with E-state index in [9.17, 15) is 14.9 Å². The van der Waals surface area contributed by atoms with Crippen molar-refractivity contribution in [2.24, 2.45) is 11.7 Å². The van der Waals surface area contributed by atoms with Crippen LogP contribution in [0.5, 0.6) is 5.75 Å². The first-order valence-electron chi connectivity index (χ1n) is 9.70. The van der Waals surface area contributed by atoms with Crippen molar-refractivity contribution >= 4 is 17.3 Å². The van der Waals surface area contributed by atoms with Gasteiger partial charge in [-0.3, -0.25) is 19.8 Å². The minimum atomic E-state index is -0.524. The first kappa shape index (κ1) is 20.8. The zero-order valence-electron chi connectivity index (χ0n) is 16.4. The number of anilines is 1. The van der Waals surface area contributed by atoms with Gasteiger partial charge in [-0.1, -0.05) is 30.3 Å². The number of carbonyl (C=O) groups excluding carboxylic acids is 1. The molecule has 29 heavy (non-hydrogen) atoms. The van der Waals surface area contributed by atoms with Crippen LogP contribution in [0.4, 0.5) is 11.4 Å². The van der Waals surface area contributed by atoms with Gasteiger partial charge in [0, 0.05) is 19.0 Å². The molecule has 0 radical (unpaired) electrons. The van der Waals surface area contributed by atoms with Crippen LogP contribution in [0.25, 0.3) is 0 Å². The molecule has 0 saturated carbocycles. The molecule has 2 aromatic rings. The van der Waals surface area contributed by atoms with Crippen LogP contribution in [0.1, 0.15) is 18.4 Å². The topological polar surface area (TPSA) is 111 Å². The minimum absolute atomic E-state index is 0.157. The maximum absolute atomic E-state index is 12.6. The second kappa shape index (κ2) is 9.49. The number of nitrogens with one attached hydrogen (secondary N) is 1. The van der Waals surface area contributed by atoms with Gasteiger partial charge in [0.05, 0.1) is 24.1 Å². The number of nitrogens with zero attached hydrogens (tertiary/aromatic N) is 2. The largest absolute Gasteiger partial charge is 0.494 e. The molecule has 0 aromatic heterocycles. The van der Waals surface area contributed by atoms with Gasteiger partial charge in [-0.05, 0) is 37.1 Å². The number of hydrogen-bond donors (Lipinski definition) is 2. The molecule has 8 heteroatoms. The molecular weight excluding hydrogens is 372 g/mol. The Morgan fingerprint density at radius 3 is 2.69 bits per heavy atom. The standard InChI is InChI=1S/C21H26N4O4/c1-2-29-17-8-9-19(20(10-17)25(27)28)23-21(26)14-24-12-16(11-22)18(13-24)15-6-4-3-5-7-15/h3-10,16,18H,2,11-14,22H2,1H3,(H,23,26)/t16-,18+/m1/s1. The van der Waals surface area contributed by atoms with E-state index in [-0.39, 0.29) is 35.7 Å². The Morgan fingerprint density at radius 1 is 1.28 bits per heavy atom. The van der Waals surface area contributed by atoms with Gasteiger partial charge in [0.2, 0.25) is 5.91 Å². The fraction of sp³-hybridized carbons (Fsp3) is 0.381. The van der Waals surface area contributed by atoms with E-state index in [0.29, 0.717) is 18.9 Å². The molecule has 0 bridgehead atoms. The van der Waals surface area contributed by atoms with E-state index < -0.39 is 4.92 Å². The highest BCUT2D eigenvalue weighted by atomic mass is 16.6. The monoisotopic (exact) mass is 398 g/mol. The molecule has 0 spiro atoms. The molecule has 0 unspecified atom stereocenters. The van der Waals surface area contributed by atoms with Crippen molar-refractivity contribution in [3.05, 3.63) is 64.2 Å². The summed E-state index contributed by atoms with van der Waals surface area (Å²) in [5.41, 5.74) is 7.15. The zero-order valence-corrected chi connectivity index (χ0v) is 16.4. The lowest BCUT2D eigenvalue weighted by Crippen LogP contribution is -2.32. The van der Waals surface area contributed by atoms with Crippen molar-refractivity contribution in [1.29, 1.82) is 0 Å². The minimum Gasteiger partial charge on any atom is -0.494 e. The van der Waals surface area contributed by atoms with Gasteiger partial charge in [-0.25, -0.2) is 0 Å². The highest BCUT2D eigenvalue weighted by molar-refractivity contribution is 5.94. The Bertz CT molecular complexity index is 859. The zero-order chi connectivity index (χ0) is 20.8. The number of nitro groups is 1. The van der Waals surface area contributed by atoms with Gasteiger partial charge >= 0.3 is 0 Å². The number of rotatable bonds is 8. The lowest BCUT2D eigenvalue weighted by atomic mass is 9.89. The summed E-state index contributed by atoms with van der Waals surface area (Å²) in [6.45, 7) is 4.35. The SMILES string of the molecule is CCOc1ccc(NC(=O)CN2C[C@@H](CN)[C@H](c3ccccc3)C2)c([N+](=O)[O-])c1. The van der Waals surface area contributed by atoms with E-state index >= 15 is 0 Å². The Morgan fingerprint density at radius 2 is 2.03 bits per heavy atom. The molecule has 3 rings (SSSR count). The summed E-state index contributed by atoms with van der Waals surface area (Å²) in [4.78, 5) is 25.4. The maximum atomic E-state index is 12.6. The van der Waals surface area contributed by atoms with E-state index in [1.807, 2.05) is 23.1 Å². The second-order valence-corrected chi connectivity index (χ2v) is 7.12. The van der Waals surface area contributed by atoms with Crippen molar-refractivity contribution in [1.82, 2.24) is 4.90 Å². The molecule has 0 aliphatic carbocycles. The van der Waals surface area contributed by atoms with Crippen molar-refractivity contribution < 1.29 is 14.5 Å². The molecule has 1 aliphatic rings. The van der Waals surface area contributed by atoms with E-state index in [1.165, 1.54) is 17.7 Å². The molecular formula is C21H26N4O4. The number of nitrogens with two attached hydrogens (primary N) is 1. The molecule has 154 valence electrons. The van der Waals surface area contributed by atoms with E-state index in [0.717, 1.165) is 13.1 Å². The number of carbonyl (C=O) groups is 1. The van der Waals surface area contributed by atoms with Gasteiger partial charge in [0.25, 0.3) is 5.69 Å². The quantitative estimate of drug-likeness (QED) is 0.522. The van der Waals surface area contributed by atoms with Gasteiger partial charge in [-0.2, -0.15) is 0 Å². The van der Waals surface area contributed by atoms with Crippen LogP contribution < -0.4 is 15.8 Å². The van der Waals surface area contributed by atoms with Crippen LogP contribution in [0.15, 0.2) is 48.5 Å². The molecule has 2 aromatic carbocycles. The Kier molecular flexibility index (Phi) is 6.79. The molecule has 1 fully saturated rings. The number of benzene rings is 2. The summed E-state index contributed by atoms with van der Waals surface area (Å²) in [5.74, 6) is 0.647. The Balaban J connectivity index is 1.66. The van der Waals surface area contributed by atoms with Crippen LogP contribution >= 0.6 is 0 Å². The van der Waals surface area contributed by atoms with Gasteiger partial charge in [0.15, 0.2) is 0 Å². The predicted molar refractivity (Wildman–Crippen MR) is 111 cm³/mol. The first-order chi connectivity index (χ1) is 14.0. The Labute approximate surface area is 169 Å². The number of likely N-dealkylation sites (tertiary alicyclic amines) is 1. The van der Waals surface area contributed by atoms with Gasteiger partial charge < -0.3 is 15.8 Å². The molecule has 1 heterocycles. The smallest absolute Gasteiger partial charge is 0.296 e. The number of ether oxygens (including phenoxy) is 1. The highest BCUT2D eigenvalue weighted by Gasteiger charge is 2.33. The lowest BCUT2D eigenvalue weighted by Gasteiger charge is -2.16. The number of nitro benzene ring substituents is 1. The van der Waals surface area contributed by atoms with Crippen LogP contribution in [0.3, 0.4) is 0 Å². The van der Waals surface area contributed by atoms with E-state index in [2.05, 4.69) is 17.4 Å². The summed E-state index contributed by atoms with van der Waals surface area (Å²) in [6.07, 6.45) is 0. The summed E-state index contributed by atoms with van der Waals surface area (Å²) in [7, 11) is 0. The summed E-state index contributed by atoms with van der Waals surface area (Å²) >= 11 is 0. The second-order valence-electron chi connectivity index (χ2n) is 7.12. The summed E-state index contributed by atoms with van der Waals surface area (Å²) in [5, 5.41) is 14.0. The van der Waals surface area contributed by atoms with Crippen LogP contribution in [0, 0.1) is 16.0 Å².